The molecule has 8 nitrogen and oxygen atoms in total. The van der Waals surface area contributed by atoms with Crippen molar-refractivity contribution in [3.8, 4) is 5.75 Å². The Bertz CT molecular complexity index is 1310. The molecule has 36 heavy (non-hydrogen) atoms. The second kappa shape index (κ2) is 12.5. The molecule has 3 rings (SSSR count). The summed E-state index contributed by atoms with van der Waals surface area (Å²) in [4.78, 5) is 36.8. The lowest BCUT2D eigenvalue weighted by molar-refractivity contribution is -0.136. The number of nitrogens with zero attached hydrogens (tertiary/aromatic N) is 1. The van der Waals surface area contributed by atoms with Gasteiger partial charge in [0, 0.05) is 22.0 Å². The van der Waals surface area contributed by atoms with Crippen LogP contribution in [0.2, 0.25) is 5.02 Å². The molecule has 0 aromatic heterocycles. The van der Waals surface area contributed by atoms with E-state index in [2.05, 4.69) is 21.2 Å². The lowest BCUT2D eigenvalue weighted by atomic mass is 10.1. The Balaban J connectivity index is 1.60. The molecule has 0 aliphatic rings. The molecule has 3 N–H and O–H groups in total. The van der Waals surface area contributed by atoms with Gasteiger partial charge in [-0.3, -0.25) is 14.4 Å². The molecule has 186 valence electrons. The summed E-state index contributed by atoms with van der Waals surface area (Å²) in [6.45, 7) is 5.55. The third-order valence-electron chi connectivity index (χ3n) is 5.22. The minimum atomic E-state index is -0.936. The van der Waals surface area contributed by atoms with Crippen molar-refractivity contribution in [1.29, 1.82) is 0 Å². The van der Waals surface area contributed by atoms with Crippen LogP contribution < -0.4 is 20.8 Å². The van der Waals surface area contributed by atoms with E-state index in [0.29, 0.717) is 34.1 Å². The number of hydrogen-bond acceptors (Lipinski definition) is 5. The molecule has 0 aliphatic carbocycles. The highest BCUT2D eigenvalue weighted by atomic mass is 35.5. The Labute approximate surface area is 214 Å². The van der Waals surface area contributed by atoms with Gasteiger partial charge in [0.05, 0.1) is 6.21 Å². The van der Waals surface area contributed by atoms with Crippen LogP contribution in [0.4, 0.5) is 11.4 Å². The summed E-state index contributed by atoms with van der Waals surface area (Å²) in [5.41, 5.74) is 6.75. The number of amides is 3. The molecule has 0 spiro atoms. The number of aryl methyl sites for hydroxylation is 3. The zero-order valence-corrected chi connectivity index (χ0v) is 21.0. The zero-order valence-electron chi connectivity index (χ0n) is 20.2. The first-order valence-corrected chi connectivity index (χ1v) is 11.7. The van der Waals surface area contributed by atoms with Gasteiger partial charge in [-0.25, -0.2) is 5.43 Å². The smallest absolute Gasteiger partial charge is 0.329 e. The third-order valence-corrected chi connectivity index (χ3v) is 5.46. The van der Waals surface area contributed by atoms with Crippen molar-refractivity contribution in [2.45, 2.75) is 27.2 Å². The number of para-hydroxylation sites is 1. The van der Waals surface area contributed by atoms with E-state index in [4.69, 9.17) is 16.3 Å². The van der Waals surface area contributed by atoms with Gasteiger partial charge in [-0.15, -0.1) is 0 Å². The number of rotatable bonds is 8. The first-order valence-electron chi connectivity index (χ1n) is 11.3. The van der Waals surface area contributed by atoms with E-state index in [1.54, 1.807) is 30.3 Å². The molecule has 0 fully saturated rings. The normalized spacial score (nSPS) is 10.7. The molecule has 0 radical (unpaired) electrons. The van der Waals surface area contributed by atoms with Crippen LogP contribution in [-0.2, 0) is 20.8 Å². The minimum Gasteiger partial charge on any atom is -0.483 e. The minimum absolute atomic E-state index is 0.249. The van der Waals surface area contributed by atoms with E-state index in [0.717, 1.165) is 16.7 Å². The average molecular weight is 507 g/mol. The Kier molecular flexibility index (Phi) is 9.19. The Morgan fingerprint density at radius 1 is 0.944 bits per heavy atom. The molecule has 3 amide bonds. The average Bonchev–Trinajstić information content (AvgIpc) is 2.86. The Morgan fingerprint density at radius 2 is 1.72 bits per heavy atom. The maximum absolute atomic E-state index is 12.4. The maximum Gasteiger partial charge on any atom is 0.329 e. The van der Waals surface area contributed by atoms with E-state index < -0.39 is 11.8 Å². The first-order chi connectivity index (χ1) is 17.3. The summed E-state index contributed by atoms with van der Waals surface area (Å²) in [6, 6.07) is 17.8. The van der Waals surface area contributed by atoms with Crippen molar-refractivity contribution in [1.82, 2.24) is 5.43 Å². The predicted octanol–water partition coefficient (Wildman–Crippen LogP) is 4.63. The Hall–Kier alpha value is -4.17. The number of benzene rings is 3. The molecular formula is C27H27ClN4O4. The molecule has 0 aliphatic heterocycles. The first kappa shape index (κ1) is 26.4. The van der Waals surface area contributed by atoms with Crippen molar-refractivity contribution >= 4 is 46.9 Å². The van der Waals surface area contributed by atoms with Gasteiger partial charge in [-0.2, -0.15) is 5.10 Å². The van der Waals surface area contributed by atoms with Gasteiger partial charge in [0.25, 0.3) is 5.91 Å². The molecule has 0 saturated carbocycles. The fourth-order valence-electron chi connectivity index (χ4n) is 3.29. The highest BCUT2D eigenvalue weighted by Crippen LogP contribution is 2.22. The van der Waals surface area contributed by atoms with E-state index >= 15 is 0 Å². The molecule has 0 bridgehead atoms. The number of nitrogens with one attached hydrogen (secondary N) is 3. The van der Waals surface area contributed by atoms with Gasteiger partial charge in [-0.05, 0) is 67.3 Å². The molecule has 3 aromatic carbocycles. The number of hydrogen-bond donors (Lipinski definition) is 3. The topological polar surface area (TPSA) is 109 Å². The highest BCUT2D eigenvalue weighted by Gasteiger charge is 2.14. The van der Waals surface area contributed by atoms with Crippen LogP contribution in [0, 0.1) is 13.8 Å². The quantitative estimate of drug-likeness (QED) is 0.235. The summed E-state index contributed by atoms with van der Waals surface area (Å²) in [5.74, 6) is -1.79. The summed E-state index contributed by atoms with van der Waals surface area (Å²) in [5, 5.41) is 9.65. The van der Waals surface area contributed by atoms with Gasteiger partial charge >= 0.3 is 11.8 Å². The van der Waals surface area contributed by atoms with Gasteiger partial charge in [0.2, 0.25) is 0 Å². The second-order valence-electron chi connectivity index (χ2n) is 8.00. The van der Waals surface area contributed by atoms with Crippen LogP contribution in [0.25, 0.3) is 0 Å². The SMILES string of the molecule is CCc1ccccc1NC(=O)C(=O)N/N=C\c1cc(Cl)ccc1OCC(=O)Nc1cc(C)ccc1C. The van der Waals surface area contributed by atoms with E-state index in [1.165, 1.54) is 6.21 Å². The summed E-state index contributed by atoms with van der Waals surface area (Å²) in [7, 11) is 0. The van der Waals surface area contributed by atoms with Gasteiger partial charge in [-0.1, -0.05) is 48.9 Å². The number of carbonyl (C=O) groups excluding carboxylic acids is 3. The van der Waals surface area contributed by atoms with Gasteiger partial charge in [0.15, 0.2) is 6.61 Å². The summed E-state index contributed by atoms with van der Waals surface area (Å²) in [6.07, 6.45) is 1.99. The van der Waals surface area contributed by atoms with Crippen molar-refractivity contribution in [2.75, 3.05) is 17.2 Å². The summed E-state index contributed by atoms with van der Waals surface area (Å²) < 4.78 is 5.65. The number of carbonyl (C=O) groups is 3. The van der Waals surface area contributed by atoms with E-state index in [1.807, 2.05) is 51.1 Å². The fourth-order valence-corrected chi connectivity index (χ4v) is 3.47. The number of halogens is 1. The number of hydrazone groups is 1. The van der Waals surface area contributed by atoms with Crippen LogP contribution >= 0.6 is 11.6 Å². The van der Waals surface area contributed by atoms with E-state index in [-0.39, 0.29) is 12.5 Å². The molecular weight excluding hydrogens is 480 g/mol. The molecule has 9 heteroatoms. The third kappa shape index (κ3) is 7.41. The van der Waals surface area contributed by atoms with Crippen LogP contribution in [0.5, 0.6) is 5.75 Å². The standard InChI is InChI=1S/C27H27ClN4O4/c1-4-19-7-5-6-8-22(19)31-26(34)27(35)32-29-15-20-14-21(28)11-12-24(20)36-16-25(33)30-23-13-17(2)9-10-18(23)3/h5-15H,4,16H2,1-3H3,(H,30,33)(H,31,34)(H,32,35)/b29-15-. The number of anilines is 2. The van der Waals surface area contributed by atoms with E-state index in [9.17, 15) is 14.4 Å². The lowest BCUT2D eigenvalue weighted by Gasteiger charge is -2.12. The van der Waals surface area contributed by atoms with Crippen molar-refractivity contribution in [3.63, 3.8) is 0 Å². The fraction of sp³-hybridized carbons (Fsp3) is 0.185. The maximum atomic E-state index is 12.4. The zero-order chi connectivity index (χ0) is 26.1. The van der Waals surface area contributed by atoms with Crippen molar-refractivity contribution in [2.24, 2.45) is 5.10 Å². The Morgan fingerprint density at radius 3 is 2.50 bits per heavy atom. The van der Waals surface area contributed by atoms with Crippen molar-refractivity contribution in [3.05, 3.63) is 87.9 Å². The monoisotopic (exact) mass is 506 g/mol. The molecule has 0 atom stereocenters. The van der Waals surface area contributed by atoms with Gasteiger partial charge in [0.1, 0.15) is 5.75 Å². The van der Waals surface area contributed by atoms with Gasteiger partial charge < -0.3 is 15.4 Å². The molecule has 0 unspecified atom stereocenters. The van der Waals surface area contributed by atoms with Crippen LogP contribution in [0.3, 0.4) is 0 Å². The predicted molar refractivity (Wildman–Crippen MR) is 142 cm³/mol. The molecule has 0 saturated heterocycles. The summed E-state index contributed by atoms with van der Waals surface area (Å²) >= 11 is 6.08. The number of ether oxygens (including phenoxy) is 1. The largest absolute Gasteiger partial charge is 0.483 e. The van der Waals surface area contributed by atoms with Crippen LogP contribution in [0.15, 0.2) is 65.8 Å². The van der Waals surface area contributed by atoms with Crippen molar-refractivity contribution < 1.29 is 19.1 Å². The highest BCUT2D eigenvalue weighted by molar-refractivity contribution is 6.39. The van der Waals surface area contributed by atoms with Crippen LogP contribution in [0.1, 0.15) is 29.2 Å². The lowest BCUT2D eigenvalue weighted by Crippen LogP contribution is -2.32. The van der Waals surface area contributed by atoms with Crippen LogP contribution in [-0.4, -0.2) is 30.5 Å². The molecule has 3 aromatic rings. The second-order valence-corrected chi connectivity index (χ2v) is 8.44. The molecule has 0 heterocycles.